The zero-order valence-electron chi connectivity index (χ0n) is 27.1. The second-order valence-electron chi connectivity index (χ2n) is 11.9. The van der Waals surface area contributed by atoms with E-state index in [9.17, 15) is 5.11 Å². The predicted octanol–water partition coefficient (Wildman–Crippen LogP) is 7.25. The first-order chi connectivity index (χ1) is 23.3. The van der Waals surface area contributed by atoms with Crippen molar-refractivity contribution in [3.05, 3.63) is 144 Å². The Morgan fingerprint density at radius 2 is 0.915 bits per heavy atom. The van der Waals surface area contributed by atoms with Gasteiger partial charge in [-0.1, -0.05) is 134 Å². The molecule has 1 aliphatic rings. The quantitative estimate of drug-likeness (QED) is 0.102. The van der Waals surface area contributed by atoms with Crippen molar-refractivity contribution in [1.29, 1.82) is 0 Å². The smallest absolute Gasteiger partial charge is 0.186 e. The lowest BCUT2D eigenvalue weighted by Gasteiger charge is -2.44. The van der Waals surface area contributed by atoms with Crippen molar-refractivity contribution in [2.24, 2.45) is 0 Å². The molecule has 1 unspecified atom stereocenters. The van der Waals surface area contributed by atoms with Gasteiger partial charge >= 0.3 is 0 Å². The Kier molecular flexibility index (Phi) is 14.9. The zero-order chi connectivity index (χ0) is 32.4. The van der Waals surface area contributed by atoms with Gasteiger partial charge in [0.2, 0.25) is 0 Å². The van der Waals surface area contributed by atoms with Gasteiger partial charge in [0.25, 0.3) is 0 Å². The van der Waals surface area contributed by atoms with E-state index in [1.165, 1.54) is 5.56 Å². The molecular formula is C40H48O7. The molecule has 1 aliphatic heterocycles. The molecule has 0 radical (unpaired) electrons. The van der Waals surface area contributed by atoms with Crippen LogP contribution in [0.4, 0.5) is 0 Å². The molecule has 7 heteroatoms. The van der Waals surface area contributed by atoms with Gasteiger partial charge in [0.15, 0.2) is 6.29 Å². The lowest BCUT2D eigenvalue weighted by atomic mass is 9.98. The fraction of sp³-hybridized carbons (Fsp3) is 0.400. The molecule has 7 nitrogen and oxygen atoms in total. The maximum Gasteiger partial charge on any atom is 0.186 e. The normalized spacial score (nSPS) is 21.1. The summed E-state index contributed by atoms with van der Waals surface area (Å²) in [6.07, 6.45) is 0.181. The van der Waals surface area contributed by atoms with E-state index in [2.05, 4.69) is 12.1 Å². The van der Waals surface area contributed by atoms with Gasteiger partial charge in [0.05, 0.1) is 33.0 Å². The Morgan fingerprint density at radius 1 is 0.468 bits per heavy atom. The summed E-state index contributed by atoms with van der Waals surface area (Å²) in [6, 6.07) is 40.2. The highest BCUT2D eigenvalue weighted by Gasteiger charge is 2.47. The summed E-state index contributed by atoms with van der Waals surface area (Å²) >= 11 is 0. The van der Waals surface area contributed by atoms with Gasteiger partial charge < -0.3 is 33.5 Å². The zero-order valence-corrected chi connectivity index (χ0v) is 27.1. The molecule has 1 heterocycles. The first-order valence-corrected chi connectivity index (χ1v) is 16.8. The Bertz CT molecular complexity index is 1360. The van der Waals surface area contributed by atoms with Gasteiger partial charge in [-0.25, -0.2) is 0 Å². The fourth-order valence-corrected chi connectivity index (χ4v) is 5.58. The number of hydrogen-bond donors (Lipinski definition) is 1. The van der Waals surface area contributed by atoms with E-state index in [4.69, 9.17) is 28.4 Å². The molecule has 0 bridgehead atoms. The average Bonchev–Trinajstić information content (AvgIpc) is 3.12. The van der Waals surface area contributed by atoms with Crippen LogP contribution in [0.3, 0.4) is 0 Å². The third-order valence-electron chi connectivity index (χ3n) is 8.16. The van der Waals surface area contributed by atoms with Gasteiger partial charge in [0.1, 0.15) is 24.4 Å². The SMILES string of the molecule is O[C@@H]1C(OCCCCCCOCc2ccccc2)O[C@H](COCc2ccccc2)[C@@H](OCc2ccccc2)[C@@H]1OCc1ccccc1. The summed E-state index contributed by atoms with van der Waals surface area (Å²) in [4.78, 5) is 0. The number of ether oxygens (including phenoxy) is 6. The number of unbranched alkanes of at least 4 members (excludes halogenated alkanes) is 3. The van der Waals surface area contributed by atoms with Gasteiger partial charge in [0, 0.05) is 13.2 Å². The lowest BCUT2D eigenvalue weighted by molar-refractivity contribution is -0.319. The molecule has 250 valence electrons. The van der Waals surface area contributed by atoms with Crippen LogP contribution in [-0.4, -0.2) is 55.6 Å². The molecule has 5 rings (SSSR count). The summed E-state index contributed by atoms with van der Waals surface area (Å²) in [5.74, 6) is 0. The molecule has 4 aromatic rings. The Balaban J connectivity index is 1.17. The van der Waals surface area contributed by atoms with Crippen LogP contribution < -0.4 is 0 Å². The van der Waals surface area contributed by atoms with Gasteiger partial charge in [-0.3, -0.25) is 0 Å². The molecule has 47 heavy (non-hydrogen) atoms. The maximum absolute atomic E-state index is 11.6. The summed E-state index contributed by atoms with van der Waals surface area (Å²) in [5, 5.41) is 11.6. The molecule has 0 spiro atoms. The maximum atomic E-state index is 11.6. The predicted molar refractivity (Wildman–Crippen MR) is 181 cm³/mol. The molecule has 5 atom stereocenters. The highest BCUT2D eigenvalue weighted by molar-refractivity contribution is 5.16. The number of benzene rings is 4. The molecule has 1 N–H and O–H groups in total. The van der Waals surface area contributed by atoms with Crippen molar-refractivity contribution in [1.82, 2.24) is 0 Å². The Morgan fingerprint density at radius 3 is 1.45 bits per heavy atom. The minimum Gasteiger partial charge on any atom is -0.385 e. The average molecular weight is 641 g/mol. The molecular weight excluding hydrogens is 592 g/mol. The first kappa shape index (κ1) is 34.9. The first-order valence-electron chi connectivity index (χ1n) is 16.8. The van der Waals surface area contributed by atoms with E-state index in [-0.39, 0.29) is 6.61 Å². The summed E-state index contributed by atoms with van der Waals surface area (Å²) in [5.41, 5.74) is 4.29. The van der Waals surface area contributed by atoms with E-state index < -0.39 is 30.7 Å². The van der Waals surface area contributed by atoms with Crippen LogP contribution in [0.5, 0.6) is 0 Å². The molecule has 0 aliphatic carbocycles. The van der Waals surface area contributed by atoms with Crippen LogP contribution >= 0.6 is 0 Å². The second-order valence-corrected chi connectivity index (χ2v) is 11.9. The molecule has 4 aromatic carbocycles. The minimum absolute atomic E-state index is 0.259. The van der Waals surface area contributed by atoms with Crippen molar-refractivity contribution < 1.29 is 33.5 Å². The van der Waals surface area contributed by atoms with E-state index in [0.29, 0.717) is 33.0 Å². The van der Waals surface area contributed by atoms with Crippen LogP contribution in [0.15, 0.2) is 121 Å². The summed E-state index contributed by atoms with van der Waals surface area (Å²) in [6.45, 7) is 3.20. The third kappa shape index (κ3) is 12.0. The number of hydrogen-bond acceptors (Lipinski definition) is 7. The van der Waals surface area contributed by atoms with E-state index in [1.807, 2.05) is 109 Å². The molecule has 0 aromatic heterocycles. The van der Waals surface area contributed by atoms with E-state index in [1.54, 1.807) is 0 Å². The monoisotopic (exact) mass is 640 g/mol. The van der Waals surface area contributed by atoms with Crippen molar-refractivity contribution in [3.8, 4) is 0 Å². The molecule has 0 saturated carbocycles. The van der Waals surface area contributed by atoms with Crippen LogP contribution in [-0.2, 0) is 54.8 Å². The summed E-state index contributed by atoms with van der Waals surface area (Å²) < 4.78 is 37.4. The van der Waals surface area contributed by atoms with Crippen molar-refractivity contribution >= 4 is 0 Å². The van der Waals surface area contributed by atoms with Gasteiger partial charge in [-0.2, -0.15) is 0 Å². The number of aliphatic hydroxyl groups excluding tert-OH is 1. The van der Waals surface area contributed by atoms with Crippen molar-refractivity contribution in [2.45, 2.75) is 82.8 Å². The molecule has 1 fully saturated rings. The van der Waals surface area contributed by atoms with Gasteiger partial charge in [-0.05, 0) is 35.1 Å². The summed E-state index contributed by atoms with van der Waals surface area (Å²) in [7, 11) is 0. The topological polar surface area (TPSA) is 75.6 Å². The van der Waals surface area contributed by atoms with Crippen molar-refractivity contribution in [3.63, 3.8) is 0 Å². The molecule has 1 saturated heterocycles. The largest absolute Gasteiger partial charge is 0.385 e. The van der Waals surface area contributed by atoms with Crippen LogP contribution in [0, 0.1) is 0 Å². The van der Waals surface area contributed by atoms with E-state index in [0.717, 1.165) is 49.0 Å². The van der Waals surface area contributed by atoms with Crippen LogP contribution in [0.25, 0.3) is 0 Å². The third-order valence-corrected chi connectivity index (χ3v) is 8.16. The van der Waals surface area contributed by atoms with Crippen LogP contribution in [0.2, 0.25) is 0 Å². The fourth-order valence-electron chi connectivity index (χ4n) is 5.58. The number of aliphatic hydroxyl groups is 1. The Hall–Kier alpha value is -3.40. The van der Waals surface area contributed by atoms with Crippen molar-refractivity contribution in [2.75, 3.05) is 19.8 Å². The highest BCUT2D eigenvalue weighted by atomic mass is 16.7. The van der Waals surface area contributed by atoms with Gasteiger partial charge in [-0.15, -0.1) is 0 Å². The van der Waals surface area contributed by atoms with Crippen LogP contribution in [0.1, 0.15) is 47.9 Å². The highest BCUT2D eigenvalue weighted by Crippen LogP contribution is 2.29. The van der Waals surface area contributed by atoms with E-state index >= 15 is 0 Å². The lowest BCUT2D eigenvalue weighted by Crippen LogP contribution is -2.61. The Labute approximate surface area is 279 Å². The number of rotatable bonds is 20. The second kappa shape index (κ2) is 20.1. The minimum atomic E-state index is -1.05. The molecule has 0 amide bonds. The standard InChI is InChI=1S/C40H48O7/c41-37-39(46-30-35-23-13-6-14-24-35)38(45-29-34-21-11-5-12-22-34)36(31-43-28-33-19-9-4-10-20-33)47-40(37)44-26-16-2-1-15-25-42-27-32-17-7-3-8-18-32/h3-14,17-24,36-41H,1-2,15-16,25-31H2/t36-,37+,38-,39-,40?/m1/s1.